The van der Waals surface area contributed by atoms with Gasteiger partial charge in [-0.3, -0.25) is 0 Å². The largest absolute Gasteiger partial charge is 0.550 e. The van der Waals surface area contributed by atoms with Crippen LogP contribution in [0.3, 0.4) is 0 Å². The summed E-state index contributed by atoms with van der Waals surface area (Å²) in [6.07, 6.45) is 4.32. The summed E-state index contributed by atoms with van der Waals surface area (Å²) in [6.45, 7) is 8.08. The van der Waals surface area contributed by atoms with Gasteiger partial charge in [-0.1, -0.05) is 0 Å². The number of aromatic nitrogens is 2. The number of ether oxygens (including phenoxy) is 1. The summed E-state index contributed by atoms with van der Waals surface area (Å²) in [7, 11) is 2.07. The minimum atomic E-state index is -1.08. The van der Waals surface area contributed by atoms with Crippen LogP contribution >= 0.6 is 0 Å². The van der Waals surface area contributed by atoms with Crippen LogP contribution in [0.1, 0.15) is 25.0 Å². The van der Waals surface area contributed by atoms with Crippen LogP contribution in [-0.2, 0) is 11.8 Å². The number of rotatable bonds is 2. The Hall–Kier alpha value is -3.08. The third-order valence-electron chi connectivity index (χ3n) is 4.74. The van der Waals surface area contributed by atoms with Crippen LogP contribution in [0.4, 0.5) is 0 Å². The summed E-state index contributed by atoms with van der Waals surface area (Å²) < 4.78 is 7.80. The Bertz CT molecular complexity index is 1160. The molecule has 0 bridgehead atoms. The van der Waals surface area contributed by atoms with Crippen LogP contribution in [0.15, 0.2) is 36.7 Å². The lowest BCUT2D eigenvalue weighted by molar-refractivity contribution is -0.670. The summed E-state index contributed by atoms with van der Waals surface area (Å²) in [5.41, 5.74) is 5.01. The lowest BCUT2D eigenvalue weighted by Crippen LogP contribution is -2.26. The van der Waals surface area contributed by atoms with Crippen molar-refractivity contribution in [3.8, 4) is 5.75 Å². The van der Waals surface area contributed by atoms with Crippen molar-refractivity contribution in [2.45, 2.75) is 27.7 Å². The Morgan fingerprint density at radius 2 is 1.85 bits per heavy atom. The molecule has 2 aromatic carbocycles. The molecule has 0 saturated heterocycles. The van der Waals surface area contributed by atoms with E-state index in [2.05, 4.69) is 61.0 Å². The molecule has 0 fully saturated rings. The molecule has 1 N–H and O–H groups in total. The van der Waals surface area contributed by atoms with Crippen LogP contribution in [0.25, 0.3) is 32.6 Å². The zero-order valence-corrected chi connectivity index (χ0v) is 16.3. The standard InChI is InChI=1S/C20H20N2O.C2H4O2/c1-5-23-14-6-7-18-16(10-14)19-12(2)17-11-22(4)9-8-15(17)13(3)20(19)21-18;1-2(3)4/h6-11H,5H2,1-4H3;1H3,(H,3,4). The molecule has 0 amide bonds. The van der Waals surface area contributed by atoms with Crippen molar-refractivity contribution in [2.24, 2.45) is 7.05 Å². The first-order chi connectivity index (χ1) is 12.8. The number of carbonyl (C=O) groups is 1. The SMILES string of the molecule is CC(=O)[O-].CCOc1ccc2[nH]c3c(C)c4cc[n+](C)cc4c(C)c3c2c1. The second-order valence-electron chi connectivity index (χ2n) is 6.69. The molecule has 5 nitrogen and oxygen atoms in total. The van der Waals surface area contributed by atoms with Gasteiger partial charge in [0.1, 0.15) is 12.8 Å². The number of aromatic amines is 1. The number of nitrogens with zero attached hydrogens (tertiary/aromatic N) is 1. The van der Waals surface area contributed by atoms with E-state index in [1.165, 1.54) is 38.2 Å². The molecular formula is C22H24N2O3. The molecule has 2 aromatic heterocycles. The third-order valence-corrected chi connectivity index (χ3v) is 4.74. The number of benzene rings is 2. The Labute approximate surface area is 158 Å². The van der Waals surface area contributed by atoms with Crippen molar-refractivity contribution < 1.29 is 19.2 Å². The maximum atomic E-state index is 8.89. The van der Waals surface area contributed by atoms with Gasteiger partial charge in [-0.2, -0.15) is 0 Å². The number of carboxylic acid groups (broad SMARTS) is 1. The van der Waals surface area contributed by atoms with Gasteiger partial charge in [0.05, 0.1) is 12.1 Å². The van der Waals surface area contributed by atoms with E-state index in [1.807, 2.05) is 13.0 Å². The third kappa shape index (κ3) is 3.45. The Morgan fingerprint density at radius 3 is 2.52 bits per heavy atom. The fourth-order valence-electron chi connectivity index (χ4n) is 3.59. The number of fused-ring (bicyclic) bond motifs is 4. The van der Waals surface area contributed by atoms with Gasteiger partial charge in [-0.25, -0.2) is 4.57 Å². The predicted octanol–water partition coefficient (Wildman–Crippen LogP) is 3.07. The Balaban J connectivity index is 0.000000481. The van der Waals surface area contributed by atoms with Gasteiger partial charge in [0.25, 0.3) is 0 Å². The summed E-state index contributed by atoms with van der Waals surface area (Å²) in [6, 6.07) is 8.50. The quantitative estimate of drug-likeness (QED) is 0.556. The first-order valence-electron chi connectivity index (χ1n) is 8.97. The second kappa shape index (κ2) is 7.27. The molecule has 4 aromatic rings. The van der Waals surface area contributed by atoms with E-state index in [0.717, 1.165) is 18.2 Å². The molecule has 0 aliphatic heterocycles. The molecule has 0 unspecified atom stereocenters. The molecule has 0 atom stereocenters. The first-order valence-corrected chi connectivity index (χ1v) is 8.97. The minimum absolute atomic E-state index is 0.685. The Morgan fingerprint density at radius 1 is 1.15 bits per heavy atom. The van der Waals surface area contributed by atoms with Crippen molar-refractivity contribution in [1.82, 2.24) is 4.98 Å². The summed E-state index contributed by atoms with van der Waals surface area (Å²) in [5, 5.41) is 14.0. The Kier molecular flexibility index (Phi) is 5.04. The average Bonchev–Trinajstić information content (AvgIpc) is 2.99. The number of hydrogen-bond acceptors (Lipinski definition) is 3. The van der Waals surface area contributed by atoms with Gasteiger partial charge in [0.15, 0.2) is 12.4 Å². The minimum Gasteiger partial charge on any atom is -0.550 e. The van der Waals surface area contributed by atoms with Crippen molar-refractivity contribution in [1.29, 1.82) is 0 Å². The fraction of sp³-hybridized carbons (Fsp3) is 0.273. The highest BCUT2D eigenvalue weighted by Gasteiger charge is 2.16. The molecule has 0 aliphatic carbocycles. The van der Waals surface area contributed by atoms with Gasteiger partial charge in [0, 0.05) is 33.7 Å². The maximum Gasteiger partial charge on any atom is 0.176 e. The van der Waals surface area contributed by atoms with E-state index < -0.39 is 5.97 Å². The van der Waals surface area contributed by atoms with Gasteiger partial charge in [-0.05, 0) is 62.4 Å². The second-order valence-corrected chi connectivity index (χ2v) is 6.69. The molecule has 140 valence electrons. The van der Waals surface area contributed by atoms with E-state index in [1.54, 1.807) is 0 Å². The van der Waals surface area contributed by atoms with Crippen molar-refractivity contribution >= 4 is 38.5 Å². The molecule has 0 radical (unpaired) electrons. The normalized spacial score (nSPS) is 10.9. The molecule has 0 spiro atoms. The fourth-order valence-corrected chi connectivity index (χ4v) is 3.59. The zero-order chi connectivity index (χ0) is 19.7. The molecular weight excluding hydrogens is 340 g/mol. The van der Waals surface area contributed by atoms with E-state index in [0.29, 0.717) is 6.61 Å². The van der Waals surface area contributed by atoms with Crippen LogP contribution in [-0.4, -0.2) is 17.6 Å². The van der Waals surface area contributed by atoms with Crippen LogP contribution < -0.4 is 14.4 Å². The van der Waals surface area contributed by atoms with E-state index in [-0.39, 0.29) is 0 Å². The number of carboxylic acids is 1. The molecule has 4 rings (SSSR count). The number of aliphatic carboxylic acids is 1. The monoisotopic (exact) mass is 364 g/mol. The van der Waals surface area contributed by atoms with Crippen molar-refractivity contribution in [3.63, 3.8) is 0 Å². The molecule has 0 saturated carbocycles. The number of aryl methyl sites for hydroxylation is 3. The smallest absolute Gasteiger partial charge is 0.176 e. The highest BCUT2D eigenvalue weighted by molar-refractivity contribution is 6.16. The van der Waals surface area contributed by atoms with E-state index in [9.17, 15) is 0 Å². The highest BCUT2D eigenvalue weighted by atomic mass is 16.5. The predicted molar refractivity (Wildman–Crippen MR) is 106 cm³/mol. The van der Waals surface area contributed by atoms with Gasteiger partial charge in [-0.15, -0.1) is 0 Å². The van der Waals surface area contributed by atoms with E-state index >= 15 is 0 Å². The zero-order valence-electron chi connectivity index (χ0n) is 16.3. The highest BCUT2D eigenvalue weighted by Crippen LogP contribution is 2.37. The number of carbonyl (C=O) groups excluding carboxylic acids is 1. The molecule has 27 heavy (non-hydrogen) atoms. The van der Waals surface area contributed by atoms with Crippen LogP contribution in [0.5, 0.6) is 5.75 Å². The van der Waals surface area contributed by atoms with Gasteiger partial charge in [0.2, 0.25) is 0 Å². The molecule has 2 heterocycles. The topological polar surface area (TPSA) is 69.0 Å². The van der Waals surface area contributed by atoms with E-state index in [4.69, 9.17) is 14.6 Å². The number of nitrogens with one attached hydrogen (secondary N) is 1. The van der Waals surface area contributed by atoms with Gasteiger partial charge >= 0.3 is 0 Å². The summed E-state index contributed by atoms with van der Waals surface area (Å²) >= 11 is 0. The van der Waals surface area contributed by atoms with Gasteiger partial charge < -0.3 is 19.6 Å². The van der Waals surface area contributed by atoms with Crippen molar-refractivity contribution in [2.75, 3.05) is 6.61 Å². The molecule has 0 aliphatic rings. The number of pyridine rings is 1. The maximum absolute atomic E-state index is 8.89. The summed E-state index contributed by atoms with van der Waals surface area (Å²) in [5.74, 6) is -0.156. The number of hydrogen-bond donors (Lipinski definition) is 1. The van der Waals surface area contributed by atoms with Crippen LogP contribution in [0, 0.1) is 13.8 Å². The average molecular weight is 364 g/mol. The van der Waals surface area contributed by atoms with Crippen LogP contribution in [0.2, 0.25) is 0 Å². The lowest BCUT2D eigenvalue weighted by Gasteiger charge is -2.08. The number of H-pyrrole nitrogens is 1. The molecule has 5 heteroatoms. The summed E-state index contributed by atoms with van der Waals surface area (Å²) in [4.78, 5) is 12.5. The van der Waals surface area contributed by atoms with Crippen molar-refractivity contribution in [3.05, 3.63) is 47.8 Å². The first kappa shape index (κ1) is 18.7. The lowest BCUT2D eigenvalue weighted by atomic mass is 9.97.